The number of rotatable bonds is 5. The molecule has 0 heterocycles. The van der Waals surface area contributed by atoms with Crippen LogP contribution in [0.2, 0.25) is 0 Å². The van der Waals surface area contributed by atoms with E-state index in [1.54, 1.807) is 27.7 Å². The molecule has 0 radical (unpaired) electrons. The van der Waals surface area contributed by atoms with Crippen molar-refractivity contribution in [1.29, 1.82) is 0 Å². The number of hydrogen-bond donors (Lipinski definition) is 0. The van der Waals surface area contributed by atoms with Gasteiger partial charge in [-0.1, -0.05) is 6.42 Å². The van der Waals surface area contributed by atoms with Gasteiger partial charge in [-0.15, -0.1) is 0 Å². The molecule has 0 amide bonds. The highest BCUT2D eigenvalue weighted by Gasteiger charge is 2.39. The summed E-state index contributed by atoms with van der Waals surface area (Å²) in [5.74, 6) is -2.34. The van der Waals surface area contributed by atoms with Crippen molar-refractivity contribution in [3.63, 3.8) is 0 Å². The molecule has 1 rings (SSSR count). The quantitative estimate of drug-likeness (QED) is 0.443. The molecule has 0 N–H and O–H groups in total. The molecule has 0 spiro atoms. The number of carbonyl (C=O) groups is 3. The number of hydrogen-bond acceptors (Lipinski definition) is 5. The average Bonchev–Trinajstić information content (AvgIpc) is 2.52. The van der Waals surface area contributed by atoms with Gasteiger partial charge in [0.15, 0.2) is 5.92 Å². The van der Waals surface area contributed by atoms with Crippen LogP contribution in [0, 0.1) is 11.8 Å². The van der Waals surface area contributed by atoms with Crippen LogP contribution in [0.1, 0.15) is 59.8 Å². The van der Waals surface area contributed by atoms with Crippen molar-refractivity contribution in [3.8, 4) is 0 Å². The van der Waals surface area contributed by atoms with E-state index in [0.717, 1.165) is 12.8 Å². The predicted molar refractivity (Wildman–Crippen MR) is 77.5 cm³/mol. The lowest BCUT2D eigenvalue weighted by Crippen LogP contribution is -2.37. The van der Waals surface area contributed by atoms with E-state index in [9.17, 15) is 14.4 Å². The van der Waals surface area contributed by atoms with Crippen molar-refractivity contribution in [2.75, 3.05) is 0 Å². The van der Waals surface area contributed by atoms with Crippen LogP contribution in [0.25, 0.3) is 0 Å². The highest BCUT2D eigenvalue weighted by Crippen LogP contribution is 2.30. The lowest BCUT2D eigenvalue weighted by Gasteiger charge is -2.24. The first-order valence-electron chi connectivity index (χ1n) is 7.74. The second-order valence-electron chi connectivity index (χ2n) is 6.20. The Labute approximate surface area is 126 Å². The Bertz CT molecular complexity index is 364. The van der Waals surface area contributed by atoms with Gasteiger partial charge < -0.3 is 9.47 Å². The second kappa shape index (κ2) is 8.15. The predicted octanol–water partition coefficient (Wildman–Crippen LogP) is 2.66. The summed E-state index contributed by atoms with van der Waals surface area (Å²) in [5, 5.41) is 0. The monoisotopic (exact) mass is 298 g/mol. The van der Waals surface area contributed by atoms with Crippen LogP contribution < -0.4 is 0 Å². The van der Waals surface area contributed by atoms with Gasteiger partial charge in [-0.25, -0.2) is 0 Å². The topological polar surface area (TPSA) is 69.7 Å². The van der Waals surface area contributed by atoms with Crippen LogP contribution in [-0.4, -0.2) is 29.9 Å². The average molecular weight is 298 g/mol. The van der Waals surface area contributed by atoms with E-state index in [1.807, 2.05) is 0 Å². The van der Waals surface area contributed by atoms with Gasteiger partial charge in [-0.3, -0.25) is 14.4 Å². The van der Waals surface area contributed by atoms with Gasteiger partial charge >= 0.3 is 11.9 Å². The van der Waals surface area contributed by atoms with Gasteiger partial charge in [0, 0.05) is 12.8 Å². The van der Waals surface area contributed by atoms with Crippen molar-refractivity contribution in [2.45, 2.75) is 72.0 Å². The summed E-state index contributed by atoms with van der Waals surface area (Å²) in [4.78, 5) is 36.3. The van der Waals surface area contributed by atoms with Gasteiger partial charge in [-0.2, -0.15) is 0 Å². The van der Waals surface area contributed by atoms with Crippen LogP contribution in [0.5, 0.6) is 0 Å². The van der Waals surface area contributed by atoms with Crippen molar-refractivity contribution in [1.82, 2.24) is 0 Å². The van der Waals surface area contributed by atoms with Gasteiger partial charge in [0.25, 0.3) is 0 Å². The van der Waals surface area contributed by atoms with Crippen molar-refractivity contribution in [3.05, 3.63) is 0 Å². The lowest BCUT2D eigenvalue weighted by atomic mass is 9.85. The minimum absolute atomic E-state index is 0.109. The Morgan fingerprint density at radius 2 is 1.52 bits per heavy atom. The van der Waals surface area contributed by atoms with E-state index in [2.05, 4.69) is 0 Å². The Morgan fingerprint density at radius 1 is 1.00 bits per heavy atom. The Morgan fingerprint density at radius 3 is 2.00 bits per heavy atom. The summed E-state index contributed by atoms with van der Waals surface area (Å²) >= 11 is 0. The summed E-state index contributed by atoms with van der Waals surface area (Å²) in [7, 11) is 0. The first-order valence-corrected chi connectivity index (χ1v) is 7.74. The third-order valence-electron chi connectivity index (χ3n) is 3.45. The third-order valence-corrected chi connectivity index (χ3v) is 3.45. The summed E-state index contributed by atoms with van der Waals surface area (Å²) in [6.07, 6.45) is 2.53. The van der Waals surface area contributed by atoms with Crippen molar-refractivity contribution >= 4 is 17.7 Å². The van der Waals surface area contributed by atoms with Gasteiger partial charge in [0.1, 0.15) is 5.78 Å². The zero-order valence-electron chi connectivity index (χ0n) is 13.4. The van der Waals surface area contributed by atoms with Gasteiger partial charge in [-0.05, 0) is 46.5 Å². The number of ether oxygens (including phenoxy) is 2. The molecule has 0 aliphatic heterocycles. The fourth-order valence-electron chi connectivity index (χ4n) is 2.60. The molecular weight excluding hydrogens is 272 g/mol. The lowest BCUT2D eigenvalue weighted by molar-refractivity contribution is -0.169. The molecule has 1 saturated carbocycles. The molecule has 0 aromatic rings. The van der Waals surface area contributed by atoms with Crippen LogP contribution in [0.4, 0.5) is 0 Å². The summed E-state index contributed by atoms with van der Waals surface area (Å²) < 4.78 is 10.4. The molecule has 120 valence electrons. The van der Waals surface area contributed by atoms with Crippen molar-refractivity contribution < 1.29 is 23.9 Å². The van der Waals surface area contributed by atoms with Gasteiger partial charge in [0.05, 0.1) is 12.2 Å². The zero-order valence-corrected chi connectivity index (χ0v) is 13.4. The molecule has 0 bridgehead atoms. The van der Waals surface area contributed by atoms with Gasteiger partial charge in [0.2, 0.25) is 0 Å². The Hall–Kier alpha value is -1.39. The minimum atomic E-state index is -0.989. The molecule has 5 heteroatoms. The maximum absolute atomic E-state index is 12.3. The van der Waals surface area contributed by atoms with Crippen molar-refractivity contribution in [2.24, 2.45) is 11.8 Å². The van der Waals surface area contributed by atoms with E-state index in [0.29, 0.717) is 12.8 Å². The fraction of sp³-hybridized carbons (Fsp3) is 0.812. The number of carbonyl (C=O) groups excluding carboxylic acids is 3. The number of ketones is 1. The number of Topliss-reactive ketones (excluding diaryl/α,β-unsaturated/α-hetero) is 1. The highest BCUT2D eigenvalue weighted by molar-refractivity contribution is 5.96. The largest absolute Gasteiger partial charge is 0.462 e. The first kappa shape index (κ1) is 17.7. The number of esters is 2. The van der Waals surface area contributed by atoms with E-state index < -0.39 is 17.9 Å². The van der Waals surface area contributed by atoms with Crippen LogP contribution in [0.15, 0.2) is 0 Å². The van der Waals surface area contributed by atoms with E-state index in [4.69, 9.17) is 9.47 Å². The smallest absolute Gasteiger partial charge is 0.320 e. The molecule has 1 fully saturated rings. The van der Waals surface area contributed by atoms with Crippen LogP contribution in [0.3, 0.4) is 0 Å². The molecule has 0 saturated heterocycles. The van der Waals surface area contributed by atoms with Crippen LogP contribution >= 0.6 is 0 Å². The Kier molecular flexibility index (Phi) is 6.85. The fourth-order valence-corrected chi connectivity index (χ4v) is 2.60. The third kappa shape index (κ3) is 5.86. The molecule has 0 aromatic heterocycles. The van der Waals surface area contributed by atoms with E-state index in [-0.39, 0.29) is 30.3 Å². The second-order valence-corrected chi connectivity index (χ2v) is 6.20. The van der Waals surface area contributed by atoms with E-state index in [1.165, 1.54) is 0 Å². The maximum atomic E-state index is 12.3. The molecule has 1 aliphatic rings. The molecule has 1 atom stereocenters. The molecule has 5 nitrogen and oxygen atoms in total. The normalized spacial score (nSPS) is 19.8. The molecule has 1 aliphatic carbocycles. The zero-order chi connectivity index (χ0) is 16.0. The highest BCUT2D eigenvalue weighted by atomic mass is 16.6. The first-order chi connectivity index (χ1) is 9.81. The van der Waals surface area contributed by atoms with Crippen LogP contribution in [-0.2, 0) is 23.9 Å². The maximum Gasteiger partial charge on any atom is 0.320 e. The van der Waals surface area contributed by atoms with E-state index >= 15 is 0 Å². The summed E-state index contributed by atoms with van der Waals surface area (Å²) in [6, 6.07) is 0. The SMILES string of the molecule is CC(C)OC(=O)C(C(=O)OC(C)C)C1CCCCC(=O)C1. The standard InChI is InChI=1S/C16H26O5/c1-10(2)20-15(18)14(16(19)21-11(3)4)12-7-5-6-8-13(17)9-12/h10-12,14H,5-9H2,1-4H3. The summed E-state index contributed by atoms with van der Waals surface area (Å²) in [5.41, 5.74) is 0. The molecular formula is C16H26O5. The molecule has 1 unspecified atom stereocenters. The Balaban J connectivity index is 2.90. The molecule has 21 heavy (non-hydrogen) atoms. The minimum Gasteiger partial charge on any atom is -0.462 e. The molecule has 0 aromatic carbocycles. The summed E-state index contributed by atoms with van der Waals surface area (Å²) in [6.45, 7) is 6.95.